The lowest BCUT2D eigenvalue weighted by Crippen LogP contribution is -2.57. The van der Waals surface area contributed by atoms with Gasteiger partial charge in [0.15, 0.2) is 8.32 Å². The summed E-state index contributed by atoms with van der Waals surface area (Å²) < 4.78 is 37.6. The zero-order chi connectivity index (χ0) is 24.9. The highest BCUT2D eigenvalue weighted by Gasteiger charge is 2.46. The average molecular weight is 563 g/mol. The minimum atomic E-state index is -2.54. The van der Waals surface area contributed by atoms with Crippen molar-refractivity contribution >= 4 is 53.5 Å². The molecule has 8 nitrogen and oxygen atoms in total. The van der Waals surface area contributed by atoms with Crippen LogP contribution in [0.2, 0.25) is 71.0 Å². The summed E-state index contributed by atoms with van der Waals surface area (Å²) >= 11 is 0. The molecule has 0 bridgehead atoms. The molecular weight excluding hydrogens is 513 g/mol. The van der Waals surface area contributed by atoms with Gasteiger partial charge in [0.25, 0.3) is 0 Å². The van der Waals surface area contributed by atoms with Crippen molar-refractivity contribution in [1.29, 1.82) is 0 Å². The van der Waals surface area contributed by atoms with Gasteiger partial charge in [0, 0.05) is 13.2 Å². The Labute approximate surface area is 205 Å². The minimum Gasteiger partial charge on any atom is -0.442 e. The van der Waals surface area contributed by atoms with Gasteiger partial charge in [0.1, 0.15) is 25.6 Å². The summed E-state index contributed by atoms with van der Waals surface area (Å²) in [6, 6.07) is 1.67. The highest BCUT2D eigenvalue weighted by molar-refractivity contribution is 6.87. The molecule has 0 heterocycles. The summed E-state index contributed by atoms with van der Waals surface area (Å²) in [7, 11) is -9.99. The Balaban J connectivity index is 5.17. The maximum atomic E-state index is 9.42. The van der Waals surface area contributed by atoms with E-state index in [2.05, 4.69) is 58.9 Å². The van der Waals surface area contributed by atoms with Gasteiger partial charge in [-0.2, -0.15) is 0 Å². The summed E-state index contributed by atoms with van der Waals surface area (Å²) in [6.45, 7) is 20.5. The molecule has 3 unspecified atom stereocenters. The molecule has 0 aliphatic heterocycles. The van der Waals surface area contributed by atoms with Crippen molar-refractivity contribution in [2.75, 3.05) is 26.4 Å². The molecule has 0 aliphatic rings. The first-order valence-corrected chi connectivity index (χ1v) is 27.1. The average Bonchev–Trinajstić information content (AvgIpc) is 2.63. The predicted molar refractivity (Wildman–Crippen MR) is 146 cm³/mol. The van der Waals surface area contributed by atoms with E-state index in [1.807, 2.05) is 0 Å². The fraction of sp³-hybridized carbons (Fsp3) is 1.00. The van der Waals surface area contributed by atoms with Gasteiger partial charge in [-0.05, 0) is 70.8 Å². The molecule has 0 aromatic rings. The molecule has 2 N–H and O–H groups in total. The quantitative estimate of drug-likeness (QED) is 0.172. The van der Waals surface area contributed by atoms with Crippen molar-refractivity contribution in [3.05, 3.63) is 0 Å². The number of aliphatic hydroxyl groups excluding tert-OH is 2. The molecule has 0 aliphatic carbocycles. The highest BCUT2D eigenvalue weighted by atomic mass is 28.5. The standard InChI is InChI=1S/C18H50O8Si6/c1-27-23-30(6,7)25-32(9,15-11-13-22-29(3,4)5)26-31(8,24-28-2)14-10-12-21-17-18(20)16-19/h18-20H,10-17,27-28H2,1-9H3. The van der Waals surface area contributed by atoms with Gasteiger partial charge >= 0.3 is 25.7 Å². The first-order valence-electron chi connectivity index (χ1n) is 11.9. The van der Waals surface area contributed by atoms with E-state index < -0.39 is 59.6 Å². The lowest BCUT2D eigenvalue weighted by Gasteiger charge is -2.41. The lowest BCUT2D eigenvalue weighted by atomic mass is 10.4. The van der Waals surface area contributed by atoms with E-state index in [-0.39, 0.29) is 13.2 Å². The molecule has 194 valence electrons. The molecule has 0 saturated heterocycles. The zero-order valence-electron chi connectivity index (χ0n) is 22.0. The van der Waals surface area contributed by atoms with E-state index in [4.69, 9.17) is 30.7 Å². The summed E-state index contributed by atoms with van der Waals surface area (Å²) in [4.78, 5) is 0. The van der Waals surface area contributed by atoms with Crippen molar-refractivity contribution in [2.24, 2.45) is 0 Å². The van der Waals surface area contributed by atoms with E-state index in [9.17, 15) is 5.11 Å². The van der Waals surface area contributed by atoms with Gasteiger partial charge in [0.05, 0.1) is 13.2 Å². The number of hydrogen-bond donors (Lipinski definition) is 2. The Hall–Kier alpha value is 0.981. The van der Waals surface area contributed by atoms with Crippen LogP contribution in [0.1, 0.15) is 12.8 Å². The van der Waals surface area contributed by atoms with Gasteiger partial charge < -0.3 is 35.8 Å². The molecule has 0 radical (unpaired) electrons. The van der Waals surface area contributed by atoms with E-state index >= 15 is 0 Å². The van der Waals surface area contributed by atoms with E-state index in [1.165, 1.54) is 0 Å². The molecule has 0 aromatic heterocycles. The van der Waals surface area contributed by atoms with E-state index in [1.54, 1.807) is 0 Å². The molecule has 14 heteroatoms. The summed E-state index contributed by atoms with van der Waals surface area (Å²) in [5.74, 6) is 0. The third-order valence-electron chi connectivity index (χ3n) is 4.59. The van der Waals surface area contributed by atoms with Crippen LogP contribution in [-0.2, 0) is 25.6 Å². The zero-order valence-corrected chi connectivity index (χ0v) is 28.8. The second-order valence-electron chi connectivity index (χ2n) is 9.82. The van der Waals surface area contributed by atoms with Crippen LogP contribution in [0.25, 0.3) is 0 Å². The maximum absolute atomic E-state index is 9.42. The predicted octanol–water partition coefficient (Wildman–Crippen LogP) is 2.16. The fourth-order valence-corrected chi connectivity index (χ4v) is 22.7. The van der Waals surface area contributed by atoms with Crippen LogP contribution in [0, 0.1) is 0 Å². The van der Waals surface area contributed by atoms with Crippen LogP contribution in [0.15, 0.2) is 0 Å². The van der Waals surface area contributed by atoms with Gasteiger partial charge in [-0.3, -0.25) is 0 Å². The third kappa shape index (κ3) is 16.6. The van der Waals surface area contributed by atoms with Crippen LogP contribution in [0.4, 0.5) is 0 Å². The van der Waals surface area contributed by atoms with Crippen LogP contribution < -0.4 is 0 Å². The monoisotopic (exact) mass is 562 g/mol. The van der Waals surface area contributed by atoms with Gasteiger partial charge in [-0.1, -0.05) is 13.1 Å². The Kier molecular flexibility index (Phi) is 16.4. The molecular formula is C18H50O8Si6. The molecule has 32 heavy (non-hydrogen) atoms. The van der Waals surface area contributed by atoms with Crippen LogP contribution in [0.3, 0.4) is 0 Å². The van der Waals surface area contributed by atoms with E-state index in [0.717, 1.165) is 31.5 Å². The molecule has 0 spiro atoms. The summed E-state index contributed by atoms with van der Waals surface area (Å²) in [6.07, 6.45) is 0.875. The van der Waals surface area contributed by atoms with Crippen molar-refractivity contribution in [3.8, 4) is 0 Å². The smallest absolute Gasteiger partial charge is 0.317 e. The number of ether oxygens (including phenoxy) is 1. The van der Waals surface area contributed by atoms with Crippen molar-refractivity contribution in [2.45, 2.75) is 90.0 Å². The SMILES string of the molecule is C[SiH2]O[Si](C)(C)O[Si](C)(CCCO[Si](C)(C)C)O[Si](C)(CCCOCC(O)CO)O[SiH2]C. The van der Waals surface area contributed by atoms with Crippen molar-refractivity contribution < 1.29 is 35.8 Å². The molecule has 0 amide bonds. The minimum absolute atomic E-state index is 0.143. The summed E-state index contributed by atoms with van der Waals surface area (Å²) in [5.41, 5.74) is 0. The summed E-state index contributed by atoms with van der Waals surface area (Å²) in [5, 5.41) is 18.3. The third-order valence-corrected chi connectivity index (χ3v) is 22.9. The van der Waals surface area contributed by atoms with Crippen LogP contribution in [0.5, 0.6) is 0 Å². The number of rotatable bonds is 20. The lowest BCUT2D eigenvalue weighted by molar-refractivity contribution is 0.00624. The molecule has 0 aromatic carbocycles. The molecule has 0 rings (SSSR count). The Morgan fingerprint density at radius 2 is 1.34 bits per heavy atom. The highest BCUT2D eigenvalue weighted by Crippen LogP contribution is 2.29. The topological polar surface area (TPSA) is 95.8 Å². The first-order chi connectivity index (χ1) is 14.7. The first kappa shape index (κ1) is 33.0. The van der Waals surface area contributed by atoms with E-state index in [0.29, 0.717) is 6.61 Å². The Morgan fingerprint density at radius 1 is 0.781 bits per heavy atom. The normalized spacial score (nSPS) is 18.5. The van der Waals surface area contributed by atoms with Gasteiger partial charge in [-0.25, -0.2) is 0 Å². The van der Waals surface area contributed by atoms with Gasteiger partial charge in [0.2, 0.25) is 0 Å². The maximum Gasteiger partial charge on any atom is 0.317 e. The fourth-order valence-electron chi connectivity index (χ4n) is 3.47. The second kappa shape index (κ2) is 15.9. The molecule has 0 fully saturated rings. The van der Waals surface area contributed by atoms with Crippen molar-refractivity contribution in [3.63, 3.8) is 0 Å². The number of aliphatic hydroxyl groups is 2. The van der Waals surface area contributed by atoms with Crippen LogP contribution >= 0.6 is 0 Å². The van der Waals surface area contributed by atoms with Crippen LogP contribution in [-0.4, -0.2) is 96.3 Å². The van der Waals surface area contributed by atoms with Crippen molar-refractivity contribution in [1.82, 2.24) is 0 Å². The molecule has 3 atom stereocenters. The Bertz CT molecular complexity index is 499. The number of hydrogen-bond acceptors (Lipinski definition) is 8. The largest absolute Gasteiger partial charge is 0.442 e. The van der Waals surface area contributed by atoms with Gasteiger partial charge in [-0.15, -0.1) is 0 Å². The molecule has 0 saturated carbocycles. The second-order valence-corrected chi connectivity index (χ2v) is 27.8. The Morgan fingerprint density at radius 3 is 1.88 bits per heavy atom.